The summed E-state index contributed by atoms with van der Waals surface area (Å²) in [7, 11) is 0. The molecule has 2 fully saturated rings. The topological polar surface area (TPSA) is 61.4 Å². The van der Waals surface area contributed by atoms with Crippen LogP contribution in [0.3, 0.4) is 0 Å². The first-order chi connectivity index (χ1) is 14.2. The van der Waals surface area contributed by atoms with Crippen molar-refractivity contribution in [1.29, 1.82) is 0 Å². The van der Waals surface area contributed by atoms with Gasteiger partial charge in [0, 0.05) is 37.1 Å². The fraction of sp³-hybridized carbons (Fsp3) is 0.500. The molecule has 2 aliphatic rings. The molecule has 0 bridgehead atoms. The number of carbonyl (C=O) groups excluding carboxylic acids is 1. The smallest absolute Gasteiger partial charge is 0.224 e. The molecule has 1 aromatic heterocycles. The minimum atomic E-state index is -0.0313. The minimum absolute atomic E-state index is 0.0313. The number of hydrogen-bond acceptors (Lipinski definition) is 5. The van der Waals surface area contributed by atoms with E-state index in [0.717, 1.165) is 48.9 Å². The van der Waals surface area contributed by atoms with Crippen molar-refractivity contribution in [3.8, 4) is 0 Å². The molecule has 2 aliphatic heterocycles. The Hall–Kier alpha value is -2.18. The molecule has 29 heavy (non-hydrogen) atoms. The van der Waals surface area contributed by atoms with Crippen molar-refractivity contribution >= 4 is 23.3 Å². The summed E-state index contributed by atoms with van der Waals surface area (Å²) in [5.41, 5.74) is 1.10. The standard InChI is InChI=1S/C22H28ClN5O/c23-19-8-2-1-7-18(19)20(27-11-3-4-12-27)14-26-22(29)17-6-5-13-28(16-17)21-15-24-9-10-25-21/h1-2,7-10,15,17,20H,3-6,11-14,16H2,(H,26,29)/t17-,20-/m0/s1. The van der Waals surface area contributed by atoms with Gasteiger partial charge in [0.25, 0.3) is 0 Å². The molecule has 0 saturated carbocycles. The van der Waals surface area contributed by atoms with Gasteiger partial charge in [0.1, 0.15) is 5.82 Å². The average Bonchev–Trinajstić information content (AvgIpc) is 3.30. The van der Waals surface area contributed by atoms with Gasteiger partial charge in [-0.25, -0.2) is 4.98 Å². The van der Waals surface area contributed by atoms with Gasteiger partial charge < -0.3 is 10.2 Å². The summed E-state index contributed by atoms with van der Waals surface area (Å²) in [6.07, 6.45) is 9.42. The molecule has 2 atom stereocenters. The normalized spacial score (nSPS) is 21.1. The number of aromatic nitrogens is 2. The van der Waals surface area contributed by atoms with Crippen LogP contribution in [0.4, 0.5) is 5.82 Å². The lowest BCUT2D eigenvalue weighted by atomic mass is 9.96. The molecule has 2 aromatic rings. The van der Waals surface area contributed by atoms with E-state index in [9.17, 15) is 4.79 Å². The largest absolute Gasteiger partial charge is 0.355 e. The van der Waals surface area contributed by atoms with Crippen molar-refractivity contribution in [3.63, 3.8) is 0 Å². The van der Waals surface area contributed by atoms with Crippen molar-refractivity contribution in [1.82, 2.24) is 20.2 Å². The highest BCUT2D eigenvalue weighted by Crippen LogP contribution is 2.30. The second kappa shape index (κ2) is 9.55. The SMILES string of the molecule is O=C(NC[C@@H](c1ccccc1Cl)N1CCCC1)[C@H]1CCCN(c2cnccn2)C1. The predicted octanol–water partition coefficient (Wildman–Crippen LogP) is 3.30. The second-order valence-electron chi connectivity index (χ2n) is 7.87. The molecule has 0 unspecified atom stereocenters. The number of nitrogens with one attached hydrogen (secondary N) is 1. The van der Waals surface area contributed by atoms with E-state index in [1.165, 1.54) is 12.8 Å². The maximum absolute atomic E-state index is 13.0. The third-order valence-electron chi connectivity index (χ3n) is 5.98. The maximum Gasteiger partial charge on any atom is 0.224 e. The highest BCUT2D eigenvalue weighted by Gasteiger charge is 2.29. The van der Waals surface area contributed by atoms with E-state index >= 15 is 0 Å². The Kier molecular flexibility index (Phi) is 6.62. The van der Waals surface area contributed by atoms with Crippen molar-refractivity contribution in [2.45, 2.75) is 31.7 Å². The zero-order valence-electron chi connectivity index (χ0n) is 16.6. The second-order valence-corrected chi connectivity index (χ2v) is 8.28. The summed E-state index contributed by atoms with van der Waals surface area (Å²) in [6.45, 7) is 4.29. The first-order valence-corrected chi connectivity index (χ1v) is 10.9. The van der Waals surface area contributed by atoms with Gasteiger partial charge in [-0.3, -0.25) is 14.7 Å². The zero-order valence-corrected chi connectivity index (χ0v) is 17.4. The molecular weight excluding hydrogens is 386 g/mol. The van der Waals surface area contributed by atoms with Crippen molar-refractivity contribution in [2.75, 3.05) is 37.6 Å². The van der Waals surface area contributed by atoms with Gasteiger partial charge in [-0.05, 0) is 50.4 Å². The molecule has 154 valence electrons. The Morgan fingerprint density at radius 2 is 2.00 bits per heavy atom. The van der Waals surface area contributed by atoms with Gasteiger partial charge in [-0.15, -0.1) is 0 Å². The van der Waals surface area contributed by atoms with Crippen LogP contribution < -0.4 is 10.2 Å². The van der Waals surface area contributed by atoms with Crippen LogP contribution in [0.1, 0.15) is 37.3 Å². The average molecular weight is 414 g/mol. The molecular formula is C22H28ClN5O. The lowest BCUT2D eigenvalue weighted by molar-refractivity contribution is -0.125. The quantitative estimate of drug-likeness (QED) is 0.787. The fourth-order valence-electron chi connectivity index (χ4n) is 4.43. The third kappa shape index (κ3) is 4.87. The predicted molar refractivity (Wildman–Crippen MR) is 115 cm³/mol. The Balaban J connectivity index is 1.40. The van der Waals surface area contributed by atoms with Crippen LogP contribution >= 0.6 is 11.6 Å². The number of halogens is 1. The Morgan fingerprint density at radius 3 is 2.76 bits per heavy atom. The maximum atomic E-state index is 13.0. The van der Waals surface area contributed by atoms with Crippen LogP contribution in [0, 0.1) is 5.92 Å². The van der Waals surface area contributed by atoms with Crippen molar-refractivity contribution in [3.05, 3.63) is 53.4 Å². The van der Waals surface area contributed by atoms with Crippen LogP contribution in [-0.4, -0.2) is 53.5 Å². The number of piperidine rings is 1. The Bertz CT molecular complexity index is 812. The number of likely N-dealkylation sites (tertiary alicyclic amines) is 1. The van der Waals surface area contributed by atoms with E-state index < -0.39 is 0 Å². The summed E-state index contributed by atoms with van der Waals surface area (Å²) < 4.78 is 0. The highest BCUT2D eigenvalue weighted by molar-refractivity contribution is 6.31. The third-order valence-corrected chi connectivity index (χ3v) is 6.33. The molecule has 2 saturated heterocycles. The first kappa shape index (κ1) is 20.1. The van der Waals surface area contributed by atoms with Crippen LogP contribution in [0.5, 0.6) is 0 Å². The lowest BCUT2D eigenvalue weighted by Gasteiger charge is -2.33. The molecule has 0 radical (unpaired) electrons. The number of nitrogens with zero attached hydrogens (tertiary/aromatic N) is 4. The Labute approximate surface area is 177 Å². The zero-order chi connectivity index (χ0) is 20.1. The van der Waals surface area contributed by atoms with E-state index in [1.54, 1.807) is 18.6 Å². The number of anilines is 1. The van der Waals surface area contributed by atoms with Gasteiger partial charge in [-0.1, -0.05) is 29.8 Å². The van der Waals surface area contributed by atoms with E-state index in [2.05, 4.69) is 31.2 Å². The van der Waals surface area contributed by atoms with Gasteiger partial charge in [-0.2, -0.15) is 0 Å². The van der Waals surface area contributed by atoms with Crippen molar-refractivity contribution in [2.24, 2.45) is 5.92 Å². The number of carbonyl (C=O) groups is 1. The molecule has 0 aliphatic carbocycles. The monoisotopic (exact) mass is 413 g/mol. The van der Waals surface area contributed by atoms with E-state index in [1.807, 2.05) is 18.2 Å². The Morgan fingerprint density at radius 1 is 1.17 bits per heavy atom. The van der Waals surface area contributed by atoms with E-state index in [0.29, 0.717) is 13.1 Å². The summed E-state index contributed by atoms with van der Waals surface area (Å²) in [5, 5.41) is 3.99. The van der Waals surface area contributed by atoms with Crippen LogP contribution in [-0.2, 0) is 4.79 Å². The van der Waals surface area contributed by atoms with Gasteiger partial charge >= 0.3 is 0 Å². The molecule has 6 nitrogen and oxygen atoms in total. The van der Waals surface area contributed by atoms with E-state index in [-0.39, 0.29) is 17.9 Å². The van der Waals surface area contributed by atoms with Crippen molar-refractivity contribution < 1.29 is 4.79 Å². The molecule has 0 spiro atoms. The number of amides is 1. The summed E-state index contributed by atoms with van der Waals surface area (Å²) >= 11 is 6.49. The minimum Gasteiger partial charge on any atom is -0.355 e. The molecule has 4 rings (SSSR count). The highest BCUT2D eigenvalue weighted by atomic mass is 35.5. The van der Waals surface area contributed by atoms with Gasteiger partial charge in [0.05, 0.1) is 18.2 Å². The molecule has 1 amide bonds. The first-order valence-electron chi connectivity index (χ1n) is 10.5. The molecule has 1 N–H and O–H groups in total. The number of benzene rings is 1. The molecule has 1 aromatic carbocycles. The number of rotatable bonds is 6. The van der Waals surface area contributed by atoms with Gasteiger partial charge in [0.2, 0.25) is 5.91 Å². The summed E-state index contributed by atoms with van der Waals surface area (Å²) in [5.74, 6) is 0.932. The summed E-state index contributed by atoms with van der Waals surface area (Å²) in [4.78, 5) is 26.1. The fourth-order valence-corrected chi connectivity index (χ4v) is 4.69. The van der Waals surface area contributed by atoms with Crippen LogP contribution in [0.2, 0.25) is 5.02 Å². The van der Waals surface area contributed by atoms with Gasteiger partial charge in [0.15, 0.2) is 0 Å². The van der Waals surface area contributed by atoms with Crippen LogP contribution in [0.25, 0.3) is 0 Å². The van der Waals surface area contributed by atoms with Crippen LogP contribution in [0.15, 0.2) is 42.9 Å². The molecule has 3 heterocycles. The summed E-state index contributed by atoms with van der Waals surface area (Å²) in [6, 6.07) is 8.10. The van der Waals surface area contributed by atoms with E-state index in [4.69, 9.17) is 11.6 Å². The number of hydrogen-bond donors (Lipinski definition) is 1. The molecule has 7 heteroatoms. The lowest BCUT2D eigenvalue weighted by Crippen LogP contribution is -2.45.